The van der Waals surface area contributed by atoms with Gasteiger partial charge in [0.2, 0.25) is 0 Å². The first-order valence-electron chi connectivity index (χ1n) is 13.9. The Balaban J connectivity index is 1.49. The molecule has 5 rings (SSSR count). The summed E-state index contributed by atoms with van der Waals surface area (Å²) >= 11 is 0. The molecule has 43 heavy (non-hydrogen) atoms. The van der Waals surface area contributed by atoms with Gasteiger partial charge in [0.1, 0.15) is 16.4 Å². The smallest absolute Gasteiger partial charge is 0.295 e. The van der Waals surface area contributed by atoms with Crippen molar-refractivity contribution in [1.82, 2.24) is 0 Å². The van der Waals surface area contributed by atoms with Gasteiger partial charge in [-0.2, -0.15) is 8.42 Å². The summed E-state index contributed by atoms with van der Waals surface area (Å²) < 4.78 is 45.8. The first kappa shape index (κ1) is 29.6. The van der Waals surface area contributed by atoms with E-state index in [4.69, 9.17) is 14.5 Å². The van der Waals surface area contributed by atoms with E-state index in [1.54, 1.807) is 18.2 Å². The van der Waals surface area contributed by atoms with Gasteiger partial charge in [0.05, 0.1) is 24.6 Å². The lowest BCUT2D eigenvalue weighted by molar-refractivity contribution is 0.340. The van der Waals surface area contributed by atoms with Crippen LogP contribution in [0.1, 0.15) is 25.0 Å². The number of hydrogen-bond acceptors (Lipinski definition) is 6. The van der Waals surface area contributed by atoms with Crippen LogP contribution in [0.2, 0.25) is 0 Å². The monoisotopic (exact) mass is 592 g/mol. The van der Waals surface area contributed by atoms with Crippen LogP contribution in [-0.4, -0.2) is 31.9 Å². The van der Waals surface area contributed by atoms with Crippen molar-refractivity contribution in [3.05, 3.63) is 138 Å². The topological polar surface area (TPSA) is 97.2 Å². The van der Waals surface area contributed by atoms with E-state index in [0.717, 1.165) is 45.4 Å². The second-order valence-electron chi connectivity index (χ2n) is 9.59. The molecule has 4 aromatic rings. The average Bonchev–Trinajstić information content (AvgIpc) is 3.01. The van der Waals surface area contributed by atoms with E-state index in [1.165, 1.54) is 6.07 Å². The van der Waals surface area contributed by atoms with Crippen molar-refractivity contribution in [3.8, 4) is 11.5 Å². The molecular formula is C35H32N2O5S. The maximum absolute atomic E-state index is 12.4. The molecule has 4 aromatic carbocycles. The Morgan fingerprint density at radius 2 is 1.26 bits per heavy atom. The molecule has 0 amide bonds. The number of hydrogen-bond donors (Lipinski definition) is 2. The van der Waals surface area contributed by atoms with E-state index in [2.05, 4.69) is 5.32 Å². The molecule has 7 nitrogen and oxygen atoms in total. The standard InChI is InChI=1S/C35H32N2O5S/c1-3-41-31-21-17-29(18-22-31)36-27-13-9-25(10-14-27)35(33-7-5-6-8-34(33)43(38,39)40)26-11-15-28(16-12-26)37-30-19-23-32(24-20-30)42-4-2/h5-24,36H,3-4H2,1-2H3,(H,38,39,40). The highest BCUT2D eigenvalue weighted by atomic mass is 32.2. The highest BCUT2D eigenvalue weighted by Crippen LogP contribution is 2.35. The van der Waals surface area contributed by atoms with Crippen molar-refractivity contribution < 1.29 is 22.4 Å². The minimum absolute atomic E-state index is 0.162. The number of nitrogens with one attached hydrogen (secondary N) is 1. The first-order valence-corrected chi connectivity index (χ1v) is 15.4. The average molecular weight is 593 g/mol. The summed E-state index contributed by atoms with van der Waals surface area (Å²) in [6, 6.07) is 29.4. The molecule has 0 saturated carbocycles. The van der Waals surface area contributed by atoms with Crippen LogP contribution in [0, 0.1) is 0 Å². The highest BCUT2D eigenvalue weighted by Gasteiger charge is 2.21. The SMILES string of the molecule is CCOc1ccc(N=C2C=CC(=C(c3ccc(Nc4ccc(OCC)cc4)cc3)c3ccccc3S(=O)(=O)O)C=C2)cc1. The summed E-state index contributed by atoms with van der Waals surface area (Å²) in [5.74, 6) is 1.59. The summed E-state index contributed by atoms with van der Waals surface area (Å²) in [5.41, 5.74) is 5.90. The lowest BCUT2D eigenvalue weighted by atomic mass is 9.90. The third kappa shape index (κ3) is 7.48. The second kappa shape index (κ2) is 13.4. The zero-order chi connectivity index (χ0) is 30.2. The van der Waals surface area contributed by atoms with Gasteiger partial charge < -0.3 is 14.8 Å². The molecule has 8 heteroatoms. The molecule has 1 aliphatic carbocycles. The van der Waals surface area contributed by atoms with E-state index >= 15 is 0 Å². The molecule has 0 fully saturated rings. The highest BCUT2D eigenvalue weighted by molar-refractivity contribution is 7.86. The van der Waals surface area contributed by atoms with E-state index in [-0.39, 0.29) is 4.90 Å². The molecule has 0 heterocycles. The molecule has 0 unspecified atom stereocenters. The maximum atomic E-state index is 12.4. The molecular weight excluding hydrogens is 560 g/mol. The Kier molecular flexibility index (Phi) is 9.20. The summed E-state index contributed by atoms with van der Waals surface area (Å²) in [6.45, 7) is 5.09. The van der Waals surface area contributed by atoms with Gasteiger partial charge in [0.25, 0.3) is 10.1 Å². The number of ether oxygens (including phenoxy) is 2. The molecule has 2 N–H and O–H groups in total. The molecule has 218 valence electrons. The number of allylic oxidation sites excluding steroid dienone is 5. The zero-order valence-electron chi connectivity index (χ0n) is 23.9. The van der Waals surface area contributed by atoms with Crippen molar-refractivity contribution in [2.75, 3.05) is 18.5 Å². The van der Waals surface area contributed by atoms with Gasteiger partial charge in [-0.25, -0.2) is 4.99 Å². The summed E-state index contributed by atoms with van der Waals surface area (Å²) in [4.78, 5) is 4.53. The van der Waals surface area contributed by atoms with Crippen molar-refractivity contribution >= 4 is 38.5 Å². The van der Waals surface area contributed by atoms with Crippen LogP contribution >= 0.6 is 0 Å². The Bertz CT molecular complexity index is 1790. The van der Waals surface area contributed by atoms with E-state index in [9.17, 15) is 13.0 Å². The predicted molar refractivity (Wildman–Crippen MR) is 173 cm³/mol. The third-order valence-corrected chi connectivity index (χ3v) is 7.54. The maximum Gasteiger partial charge on any atom is 0.295 e. The Morgan fingerprint density at radius 1 is 0.721 bits per heavy atom. The fraction of sp³-hybridized carbons (Fsp3) is 0.114. The summed E-state index contributed by atoms with van der Waals surface area (Å²) in [7, 11) is -4.48. The lowest BCUT2D eigenvalue weighted by Gasteiger charge is -2.17. The summed E-state index contributed by atoms with van der Waals surface area (Å²) in [5, 5.41) is 3.37. The number of aliphatic imine (C=N–C) groups is 1. The third-order valence-electron chi connectivity index (χ3n) is 6.62. The largest absolute Gasteiger partial charge is 0.494 e. The normalized spacial score (nSPS) is 12.6. The first-order chi connectivity index (χ1) is 20.8. The van der Waals surface area contributed by atoms with E-state index in [1.807, 2.05) is 111 Å². The van der Waals surface area contributed by atoms with Gasteiger partial charge >= 0.3 is 0 Å². The van der Waals surface area contributed by atoms with Gasteiger partial charge in [0.15, 0.2) is 0 Å². The van der Waals surface area contributed by atoms with Crippen molar-refractivity contribution in [3.63, 3.8) is 0 Å². The van der Waals surface area contributed by atoms with Gasteiger partial charge in [-0.1, -0.05) is 42.5 Å². The van der Waals surface area contributed by atoms with Crippen LogP contribution in [0.5, 0.6) is 11.5 Å². The van der Waals surface area contributed by atoms with Crippen LogP contribution in [0.15, 0.2) is 137 Å². The number of anilines is 2. The lowest BCUT2D eigenvalue weighted by Crippen LogP contribution is -2.05. The molecule has 0 radical (unpaired) electrons. The Morgan fingerprint density at radius 3 is 1.81 bits per heavy atom. The molecule has 0 atom stereocenters. The van der Waals surface area contributed by atoms with Gasteiger partial charge in [0, 0.05) is 16.9 Å². The molecule has 1 aliphatic rings. The zero-order valence-corrected chi connectivity index (χ0v) is 24.7. The number of nitrogens with zero attached hydrogens (tertiary/aromatic N) is 1. The Labute approximate surface area is 252 Å². The molecule has 0 bridgehead atoms. The second-order valence-corrected chi connectivity index (χ2v) is 11.0. The predicted octanol–water partition coefficient (Wildman–Crippen LogP) is 8.17. The number of benzene rings is 4. The van der Waals surface area contributed by atoms with Crippen molar-refractivity contribution in [2.24, 2.45) is 4.99 Å². The minimum Gasteiger partial charge on any atom is -0.494 e. The van der Waals surface area contributed by atoms with Crippen LogP contribution in [0.25, 0.3) is 5.57 Å². The molecule has 0 saturated heterocycles. The van der Waals surface area contributed by atoms with Gasteiger partial charge in [-0.15, -0.1) is 0 Å². The molecule has 0 aromatic heterocycles. The molecule has 0 aliphatic heterocycles. The van der Waals surface area contributed by atoms with Crippen LogP contribution in [0.3, 0.4) is 0 Å². The number of rotatable bonds is 10. The van der Waals surface area contributed by atoms with Crippen LogP contribution in [0.4, 0.5) is 17.1 Å². The summed E-state index contributed by atoms with van der Waals surface area (Å²) in [6.07, 6.45) is 7.55. The van der Waals surface area contributed by atoms with E-state index < -0.39 is 10.1 Å². The minimum atomic E-state index is -4.48. The van der Waals surface area contributed by atoms with Crippen LogP contribution < -0.4 is 14.8 Å². The Hall–Kier alpha value is -4.92. The van der Waals surface area contributed by atoms with Crippen molar-refractivity contribution in [2.45, 2.75) is 18.7 Å². The van der Waals surface area contributed by atoms with Crippen LogP contribution in [-0.2, 0) is 10.1 Å². The van der Waals surface area contributed by atoms with Crippen molar-refractivity contribution in [1.29, 1.82) is 0 Å². The van der Waals surface area contributed by atoms with Gasteiger partial charge in [-0.05, 0) is 109 Å². The van der Waals surface area contributed by atoms with E-state index in [0.29, 0.717) is 24.4 Å². The molecule has 0 spiro atoms. The quantitative estimate of drug-likeness (QED) is 0.180. The van der Waals surface area contributed by atoms with Gasteiger partial charge in [-0.3, -0.25) is 4.55 Å². The fourth-order valence-electron chi connectivity index (χ4n) is 4.70. The fourth-order valence-corrected chi connectivity index (χ4v) is 5.40.